The van der Waals surface area contributed by atoms with Gasteiger partial charge in [-0.2, -0.15) is 0 Å². The lowest BCUT2D eigenvalue weighted by Gasteiger charge is -2.48. The molecule has 0 amide bonds. The van der Waals surface area contributed by atoms with E-state index < -0.39 is 0 Å². The second-order valence-corrected chi connectivity index (χ2v) is 5.56. The van der Waals surface area contributed by atoms with Crippen molar-refractivity contribution >= 4 is 0 Å². The fourth-order valence-corrected chi connectivity index (χ4v) is 3.57. The Bertz CT molecular complexity index is 207. The van der Waals surface area contributed by atoms with Crippen molar-refractivity contribution in [3.8, 4) is 0 Å². The largest absolute Gasteiger partial charge is 0.377 e. The van der Waals surface area contributed by atoms with Gasteiger partial charge in [0.1, 0.15) is 0 Å². The van der Waals surface area contributed by atoms with Gasteiger partial charge in [0.05, 0.1) is 5.60 Å². The van der Waals surface area contributed by atoms with Crippen molar-refractivity contribution in [2.24, 2.45) is 5.92 Å². The number of hydrogen-bond acceptors (Lipinski definition) is 2. The molecule has 0 aromatic rings. The van der Waals surface area contributed by atoms with Crippen molar-refractivity contribution in [3.63, 3.8) is 0 Å². The highest BCUT2D eigenvalue weighted by Crippen LogP contribution is 2.42. The Morgan fingerprint density at radius 3 is 2.31 bits per heavy atom. The molecule has 0 saturated heterocycles. The topological polar surface area (TPSA) is 21.3 Å². The number of nitrogens with one attached hydrogen (secondary N) is 1. The van der Waals surface area contributed by atoms with Crippen LogP contribution >= 0.6 is 0 Å². The fourth-order valence-electron chi connectivity index (χ4n) is 3.57. The molecule has 1 atom stereocenters. The van der Waals surface area contributed by atoms with E-state index in [4.69, 9.17) is 4.74 Å². The van der Waals surface area contributed by atoms with E-state index in [2.05, 4.69) is 12.2 Å². The first-order valence-electron chi connectivity index (χ1n) is 7.11. The van der Waals surface area contributed by atoms with Gasteiger partial charge in [0, 0.05) is 13.2 Å². The number of rotatable bonds is 5. The van der Waals surface area contributed by atoms with E-state index in [0.717, 1.165) is 12.5 Å². The molecular formula is C14H27NO. The minimum Gasteiger partial charge on any atom is -0.377 e. The normalized spacial score (nSPS) is 27.4. The van der Waals surface area contributed by atoms with Gasteiger partial charge < -0.3 is 10.1 Å². The van der Waals surface area contributed by atoms with Crippen molar-refractivity contribution in [2.45, 2.75) is 69.9 Å². The average molecular weight is 225 g/mol. The van der Waals surface area contributed by atoms with Gasteiger partial charge in [0.2, 0.25) is 0 Å². The van der Waals surface area contributed by atoms with Crippen LogP contribution in [0.5, 0.6) is 0 Å². The standard InChI is InChI=1S/C14H27NO/c1-3-15-13(12-8-7-9-12)14(16-2)10-5-4-6-11-14/h12-13,15H,3-11H2,1-2H3. The Hall–Kier alpha value is -0.0800. The zero-order valence-electron chi connectivity index (χ0n) is 10.9. The highest BCUT2D eigenvalue weighted by Gasteiger charge is 2.44. The molecule has 0 radical (unpaired) electrons. The van der Waals surface area contributed by atoms with Gasteiger partial charge in [-0.1, -0.05) is 32.6 Å². The summed E-state index contributed by atoms with van der Waals surface area (Å²) in [6.45, 7) is 3.30. The molecule has 2 saturated carbocycles. The van der Waals surface area contributed by atoms with Gasteiger partial charge >= 0.3 is 0 Å². The van der Waals surface area contributed by atoms with Crippen LogP contribution in [0.2, 0.25) is 0 Å². The molecule has 1 N–H and O–H groups in total. The summed E-state index contributed by atoms with van der Waals surface area (Å²) in [5.41, 5.74) is 0.152. The van der Waals surface area contributed by atoms with E-state index in [0.29, 0.717) is 6.04 Å². The van der Waals surface area contributed by atoms with E-state index in [-0.39, 0.29) is 5.60 Å². The minimum absolute atomic E-state index is 0.152. The average Bonchev–Trinajstić information content (AvgIpc) is 2.27. The first-order valence-corrected chi connectivity index (χ1v) is 7.11. The van der Waals surface area contributed by atoms with Crippen LogP contribution in [-0.2, 0) is 4.74 Å². The molecule has 2 nitrogen and oxygen atoms in total. The summed E-state index contributed by atoms with van der Waals surface area (Å²) in [7, 11) is 1.92. The second kappa shape index (κ2) is 5.50. The van der Waals surface area contributed by atoms with Crippen molar-refractivity contribution < 1.29 is 4.74 Å². The third-order valence-electron chi connectivity index (χ3n) is 4.72. The van der Waals surface area contributed by atoms with Crippen molar-refractivity contribution in [2.75, 3.05) is 13.7 Å². The molecule has 0 bridgehead atoms. The molecule has 16 heavy (non-hydrogen) atoms. The Kier molecular flexibility index (Phi) is 4.26. The zero-order chi connectivity index (χ0) is 11.4. The zero-order valence-corrected chi connectivity index (χ0v) is 10.9. The number of hydrogen-bond donors (Lipinski definition) is 1. The van der Waals surface area contributed by atoms with Crippen LogP contribution in [0.25, 0.3) is 0 Å². The third kappa shape index (κ3) is 2.28. The molecule has 0 aromatic heterocycles. The van der Waals surface area contributed by atoms with Crippen LogP contribution in [0.3, 0.4) is 0 Å². The summed E-state index contributed by atoms with van der Waals surface area (Å²) < 4.78 is 5.99. The minimum atomic E-state index is 0.152. The Morgan fingerprint density at radius 1 is 1.19 bits per heavy atom. The Balaban J connectivity index is 2.07. The monoisotopic (exact) mass is 225 g/mol. The van der Waals surface area contributed by atoms with Crippen LogP contribution in [0.15, 0.2) is 0 Å². The molecule has 2 fully saturated rings. The SMILES string of the molecule is CCNC(C1CCC1)C1(OC)CCCCC1. The number of ether oxygens (including phenoxy) is 1. The van der Waals surface area contributed by atoms with Crippen molar-refractivity contribution in [1.29, 1.82) is 0 Å². The van der Waals surface area contributed by atoms with Gasteiger partial charge in [-0.25, -0.2) is 0 Å². The van der Waals surface area contributed by atoms with Crippen LogP contribution < -0.4 is 5.32 Å². The van der Waals surface area contributed by atoms with E-state index >= 15 is 0 Å². The van der Waals surface area contributed by atoms with Gasteiger partial charge in [0.25, 0.3) is 0 Å². The van der Waals surface area contributed by atoms with E-state index in [1.54, 1.807) is 0 Å². The molecule has 2 aliphatic carbocycles. The van der Waals surface area contributed by atoms with Crippen LogP contribution in [0.1, 0.15) is 58.3 Å². The van der Waals surface area contributed by atoms with Crippen molar-refractivity contribution in [1.82, 2.24) is 5.32 Å². The quantitative estimate of drug-likeness (QED) is 0.776. The maximum atomic E-state index is 5.99. The molecule has 2 aliphatic rings. The molecule has 0 heterocycles. The van der Waals surface area contributed by atoms with Gasteiger partial charge in [-0.05, 0) is 38.1 Å². The van der Waals surface area contributed by atoms with Crippen LogP contribution in [0, 0.1) is 5.92 Å². The van der Waals surface area contributed by atoms with E-state index in [1.165, 1.54) is 51.4 Å². The number of likely N-dealkylation sites (N-methyl/N-ethyl adjacent to an activating group) is 1. The molecule has 1 unspecified atom stereocenters. The molecule has 0 aliphatic heterocycles. The number of methoxy groups -OCH3 is 1. The summed E-state index contributed by atoms with van der Waals surface area (Å²) in [6, 6.07) is 0.608. The lowest BCUT2D eigenvalue weighted by atomic mass is 9.68. The Morgan fingerprint density at radius 2 is 1.88 bits per heavy atom. The summed E-state index contributed by atoms with van der Waals surface area (Å²) in [5, 5.41) is 3.72. The van der Waals surface area contributed by atoms with Crippen LogP contribution in [0.4, 0.5) is 0 Å². The molecule has 2 rings (SSSR count). The lowest BCUT2D eigenvalue weighted by Crippen LogP contribution is -2.58. The predicted molar refractivity (Wildman–Crippen MR) is 67.6 cm³/mol. The smallest absolute Gasteiger partial charge is 0.0833 e. The summed E-state index contributed by atoms with van der Waals surface area (Å²) in [4.78, 5) is 0. The summed E-state index contributed by atoms with van der Waals surface area (Å²) >= 11 is 0. The fraction of sp³-hybridized carbons (Fsp3) is 1.00. The second-order valence-electron chi connectivity index (χ2n) is 5.56. The maximum Gasteiger partial charge on any atom is 0.0833 e. The van der Waals surface area contributed by atoms with Gasteiger partial charge in [-0.15, -0.1) is 0 Å². The maximum absolute atomic E-state index is 5.99. The van der Waals surface area contributed by atoms with Crippen molar-refractivity contribution in [3.05, 3.63) is 0 Å². The third-order valence-corrected chi connectivity index (χ3v) is 4.72. The molecule has 94 valence electrons. The Labute approximate surface area is 100 Å². The lowest BCUT2D eigenvalue weighted by molar-refractivity contribution is -0.0899. The summed E-state index contributed by atoms with van der Waals surface area (Å²) in [5.74, 6) is 0.873. The van der Waals surface area contributed by atoms with Crippen LogP contribution in [-0.4, -0.2) is 25.3 Å². The first-order chi connectivity index (χ1) is 7.82. The molecule has 2 heteroatoms. The highest BCUT2D eigenvalue weighted by molar-refractivity contribution is 5.00. The molecular weight excluding hydrogens is 198 g/mol. The molecule has 0 spiro atoms. The van der Waals surface area contributed by atoms with E-state index in [1.807, 2.05) is 7.11 Å². The predicted octanol–water partition coefficient (Wildman–Crippen LogP) is 3.11. The molecule has 0 aromatic carbocycles. The first kappa shape index (κ1) is 12.4. The van der Waals surface area contributed by atoms with E-state index in [9.17, 15) is 0 Å². The van der Waals surface area contributed by atoms with Gasteiger partial charge in [0.15, 0.2) is 0 Å². The summed E-state index contributed by atoms with van der Waals surface area (Å²) in [6.07, 6.45) is 10.9. The highest BCUT2D eigenvalue weighted by atomic mass is 16.5. The van der Waals surface area contributed by atoms with Gasteiger partial charge in [-0.3, -0.25) is 0 Å².